The Kier molecular flexibility index (Phi) is 4.14. The summed E-state index contributed by atoms with van der Waals surface area (Å²) in [7, 11) is 0. The fourth-order valence-corrected chi connectivity index (χ4v) is 2.91. The number of carbonyl (C=O) groups is 2. The zero-order chi connectivity index (χ0) is 16.4. The number of hydrogen-bond donors (Lipinski definition) is 1. The minimum absolute atomic E-state index is 0.00252. The first-order valence-corrected chi connectivity index (χ1v) is 7.68. The minimum Gasteiger partial charge on any atom is -0.476 e. The fraction of sp³-hybridized carbons (Fsp3) is 0.467. The van der Waals surface area contributed by atoms with Gasteiger partial charge in [0.25, 0.3) is 0 Å². The van der Waals surface area contributed by atoms with E-state index < -0.39 is 5.97 Å². The molecule has 1 aliphatic heterocycles. The van der Waals surface area contributed by atoms with Crippen molar-refractivity contribution >= 4 is 11.9 Å². The van der Waals surface area contributed by atoms with Gasteiger partial charge in [-0.1, -0.05) is 6.92 Å². The third kappa shape index (κ3) is 2.96. The van der Waals surface area contributed by atoms with Crippen LogP contribution in [0.3, 0.4) is 0 Å². The summed E-state index contributed by atoms with van der Waals surface area (Å²) >= 11 is 0. The van der Waals surface area contributed by atoms with Gasteiger partial charge in [0.1, 0.15) is 6.04 Å². The molecular formula is C15H19N5O3. The summed E-state index contributed by atoms with van der Waals surface area (Å²) < 4.78 is 3.36. The van der Waals surface area contributed by atoms with Gasteiger partial charge in [-0.25, -0.2) is 4.79 Å². The van der Waals surface area contributed by atoms with Gasteiger partial charge in [0.2, 0.25) is 5.91 Å². The maximum absolute atomic E-state index is 12.9. The summed E-state index contributed by atoms with van der Waals surface area (Å²) in [5, 5.41) is 17.3. The van der Waals surface area contributed by atoms with Crippen molar-refractivity contribution < 1.29 is 14.7 Å². The average Bonchev–Trinajstić information content (AvgIpc) is 3.14. The van der Waals surface area contributed by atoms with Crippen LogP contribution in [0.1, 0.15) is 42.0 Å². The molecule has 1 atom stereocenters. The summed E-state index contributed by atoms with van der Waals surface area (Å²) in [6, 6.07) is 3.01. The smallest absolute Gasteiger partial charge is 0.356 e. The van der Waals surface area contributed by atoms with Gasteiger partial charge in [0.05, 0.1) is 12.2 Å². The molecule has 0 saturated carbocycles. The second kappa shape index (κ2) is 6.23. The lowest BCUT2D eigenvalue weighted by Crippen LogP contribution is -2.37. The third-order valence-electron chi connectivity index (χ3n) is 4.06. The highest BCUT2D eigenvalue weighted by molar-refractivity contribution is 5.85. The van der Waals surface area contributed by atoms with Gasteiger partial charge in [-0.3, -0.25) is 14.2 Å². The SMILES string of the molecule is CCC(C(=O)N1CCCn2nc(C(=O)O)cc2C1)n1cccn1. The molecule has 3 heterocycles. The molecule has 8 heteroatoms. The summed E-state index contributed by atoms with van der Waals surface area (Å²) in [4.78, 5) is 25.7. The van der Waals surface area contributed by atoms with E-state index in [1.165, 1.54) is 0 Å². The van der Waals surface area contributed by atoms with E-state index in [2.05, 4.69) is 10.2 Å². The van der Waals surface area contributed by atoms with Gasteiger partial charge in [-0.2, -0.15) is 10.2 Å². The van der Waals surface area contributed by atoms with Gasteiger partial charge in [0, 0.05) is 25.5 Å². The normalized spacial score (nSPS) is 15.8. The van der Waals surface area contributed by atoms with Crippen LogP contribution >= 0.6 is 0 Å². The molecule has 0 saturated heterocycles. The van der Waals surface area contributed by atoms with E-state index in [0.717, 1.165) is 12.1 Å². The molecule has 122 valence electrons. The summed E-state index contributed by atoms with van der Waals surface area (Å²) in [6.45, 7) is 3.57. The molecule has 1 aliphatic rings. The molecule has 1 unspecified atom stereocenters. The number of fused-ring (bicyclic) bond motifs is 1. The lowest BCUT2D eigenvalue weighted by molar-refractivity contribution is -0.135. The monoisotopic (exact) mass is 317 g/mol. The molecule has 0 aromatic carbocycles. The quantitative estimate of drug-likeness (QED) is 0.913. The van der Waals surface area contributed by atoms with Crippen molar-refractivity contribution in [2.45, 2.75) is 38.9 Å². The molecule has 0 radical (unpaired) electrons. The van der Waals surface area contributed by atoms with Crippen LogP contribution in [-0.2, 0) is 17.9 Å². The van der Waals surface area contributed by atoms with Crippen LogP contribution in [0, 0.1) is 0 Å². The van der Waals surface area contributed by atoms with Crippen LogP contribution in [0.25, 0.3) is 0 Å². The lowest BCUT2D eigenvalue weighted by atomic mass is 10.2. The van der Waals surface area contributed by atoms with Crippen molar-refractivity contribution in [3.05, 3.63) is 35.9 Å². The Bertz CT molecular complexity index is 707. The van der Waals surface area contributed by atoms with Crippen molar-refractivity contribution in [1.82, 2.24) is 24.5 Å². The second-order valence-corrected chi connectivity index (χ2v) is 5.57. The number of aromatic carboxylic acids is 1. The van der Waals surface area contributed by atoms with Crippen LogP contribution < -0.4 is 0 Å². The van der Waals surface area contributed by atoms with Crippen LogP contribution in [-0.4, -0.2) is 48.0 Å². The van der Waals surface area contributed by atoms with Gasteiger partial charge < -0.3 is 10.0 Å². The molecule has 0 bridgehead atoms. The molecule has 0 fully saturated rings. The van der Waals surface area contributed by atoms with E-state index in [1.54, 1.807) is 38.8 Å². The molecule has 0 spiro atoms. The van der Waals surface area contributed by atoms with Crippen LogP contribution in [0.2, 0.25) is 0 Å². The third-order valence-corrected chi connectivity index (χ3v) is 4.06. The highest BCUT2D eigenvalue weighted by Crippen LogP contribution is 2.19. The number of aryl methyl sites for hydroxylation is 1. The van der Waals surface area contributed by atoms with E-state index >= 15 is 0 Å². The molecule has 8 nitrogen and oxygen atoms in total. The van der Waals surface area contributed by atoms with Crippen molar-refractivity contribution in [3.8, 4) is 0 Å². The zero-order valence-electron chi connectivity index (χ0n) is 12.9. The highest BCUT2D eigenvalue weighted by atomic mass is 16.4. The molecule has 3 rings (SSSR count). The summed E-state index contributed by atoms with van der Waals surface area (Å²) in [6.07, 6.45) is 4.84. The number of carboxylic acid groups (broad SMARTS) is 1. The molecule has 23 heavy (non-hydrogen) atoms. The predicted octanol–water partition coefficient (Wildman–Crippen LogP) is 1.16. The Balaban J connectivity index is 1.82. The lowest BCUT2D eigenvalue weighted by Gasteiger charge is -2.25. The Morgan fingerprint density at radius 1 is 1.39 bits per heavy atom. The maximum Gasteiger partial charge on any atom is 0.356 e. The zero-order valence-corrected chi connectivity index (χ0v) is 12.9. The van der Waals surface area contributed by atoms with E-state index in [9.17, 15) is 9.59 Å². The van der Waals surface area contributed by atoms with Crippen molar-refractivity contribution in [2.75, 3.05) is 6.54 Å². The van der Waals surface area contributed by atoms with Crippen LogP contribution in [0.4, 0.5) is 0 Å². The van der Waals surface area contributed by atoms with Gasteiger partial charge in [-0.15, -0.1) is 0 Å². The van der Waals surface area contributed by atoms with Crippen molar-refractivity contribution in [2.24, 2.45) is 0 Å². The minimum atomic E-state index is -1.05. The number of carbonyl (C=O) groups excluding carboxylic acids is 1. The molecular weight excluding hydrogens is 298 g/mol. The molecule has 1 amide bonds. The van der Waals surface area contributed by atoms with Crippen LogP contribution in [0.15, 0.2) is 24.5 Å². The summed E-state index contributed by atoms with van der Waals surface area (Å²) in [5.41, 5.74) is 0.775. The average molecular weight is 317 g/mol. The first kappa shape index (κ1) is 15.3. The number of rotatable bonds is 4. The Labute approximate surface area is 133 Å². The van der Waals surface area contributed by atoms with Crippen molar-refractivity contribution in [3.63, 3.8) is 0 Å². The van der Waals surface area contributed by atoms with Gasteiger partial charge in [0.15, 0.2) is 5.69 Å². The number of amides is 1. The largest absolute Gasteiger partial charge is 0.476 e. The Morgan fingerprint density at radius 3 is 2.87 bits per heavy atom. The Hall–Kier alpha value is -2.64. The van der Waals surface area contributed by atoms with Crippen molar-refractivity contribution in [1.29, 1.82) is 0 Å². The maximum atomic E-state index is 12.9. The molecule has 0 aliphatic carbocycles. The molecule has 2 aromatic heterocycles. The van der Waals surface area contributed by atoms with E-state index in [4.69, 9.17) is 5.11 Å². The number of aromatic nitrogens is 4. The topological polar surface area (TPSA) is 93.3 Å². The predicted molar refractivity (Wildman–Crippen MR) is 80.8 cm³/mol. The highest BCUT2D eigenvalue weighted by Gasteiger charge is 2.27. The first-order valence-electron chi connectivity index (χ1n) is 7.68. The fourth-order valence-electron chi connectivity index (χ4n) is 2.91. The van der Waals surface area contributed by atoms with E-state index in [-0.39, 0.29) is 17.6 Å². The van der Waals surface area contributed by atoms with Crippen LogP contribution in [0.5, 0.6) is 0 Å². The number of nitrogens with zero attached hydrogens (tertiary/aromatic N) is 5. The van der Waals surface area contributed by atoms with Gasteiger partial charge >= 0.3 is 5.97 Å². The molecule has 2 aromatic rings. The second-order valence-electron chi connectivity index (χ2n) is 5.57. The number of carboxylic acids is 1. The standard InChI is InChI=1S/C15H19N5O3/c1-2-13(20-7-3-5-16-20)14(21)18-6-4-8-19-11(10-18)9-12(17-19)15(22)23/h3,5,7,9,13H,2,4,6,8,10H2,1H3,(H,22,23). The first-order chi connectivity index (χ1) is 11.1. The Morgan fingerprint density at radius 2 is 2.22 bits per heavy atom. The number of hydrogen-bond acceptors (Lipinski definition) is 4. The van der Waals surface area contributed by atoms with E-state index in [0.29, 0.717) is 26.1 Å². The van der Waals surface area contributed by atoms with E-state index in [1.807, 2.05) is 6.92 Å². The van der Waals surface area contributed by atoms with Gasteiger partial charge in [-0.05, 0) is 25.0 Å². The molecule has 1 N–H and O–H groups in total. The summed E-state index contributed by atoms with van der Waals surface area (Å²) in [5.74, 6) is -1.05.